The highest BCUT2D eigenvalue weighted by Gasteiger charge is 2.19. The van der Waals surface area contributed by atoms with Gasteiger partial charge in [0.1, 0.15) is 0 Å². The van der Waals surface area contributed by atoms with E-state index >= 15 is 0 Å². The molecule has 0 atom stereocenters. The lowest BCUT2D eigenvalue weighted by molar-refractivity contribution is 0.0998. The van der Waals surface area contributed by atoms with Crippen LogP contribution in [-0.2, 0) is 7.05 Å². The monoisotopic (exact) mass is 341 g/mol. The number of rotatable bonds is 4. The molecule has 1 aliphatic rings. The molecule has 0 spiro atoms. The third-order valence-corrected chi connectivity index (χ3v) is 4.56. The van der Waals surface area contributed by atoms with Crippen LogP contribution >= 0.6 is 0 Å². The van der Waals surface area contributed by atoms with Crippen LogP contribution in [0.5, 0.6) is 0 Å². The molecule has 1 aliphatic heterocycles. The Hall–Kier alpha value is -2.83. The molecule has 0 unspecified atom stereocenters. The summed E-state index contributed by atoms with van der Waals surface area (Å²) < 4.78 is 1.66. The molecule has 0 radical (unpaired) electrons. The van der Waals surface area contributed by atoms with Crippen molar-refractivity contribution in [3.05, 3.63) is 41.2 Å². The van der Waals surface area contributed by atoms with Gasteiger partial charge in [0.2, 0.25) is 0 Å². The summed E-state index contributed by atoms with van der Waals surface area (Å²) in [5, 5.41) is 7.04. The number of carbonyl (C=O) groups is 2. The summed E-state index contributed by atoms with van der Waals surface area (Å²) in [7, 11) is 1.79. The number of piperidine rings is 1. The molecule has 1 fully saturated rings. The number of aromatic nitrogens is 2. The number of nitrogens with zero attached hydrogens (tertiary/aromatic N) is 3. The van der Waals surface area contributed by atoms with Crippen LogP contribution in [0.4, 0.5) is 11.4 Å². The van der Waals surface area contributed by atoms with Crippen LogP contribution in [0.1, 0.15) is 45.8 Å². The van der Waals surface area contributed by atoms with Gasteiger partial charge in [-0.15, -0.1) is 0 Å². The largest absolute Gasteiger partial charge is 0.371 e. The fourth-order valence-corrected chi connectivity index (χ4v) is 3.08. The standard InChI is InChI=1S/C18H23N5O2/c1-12-10-15(21-22(12)2)18(25)20-13-6-7-14(17(19)24)16(11-13)23-8-4-3-5-9-23/h6-7,10-11H,3-5,8-9H2,1-2H3,(H2,19,24)(H,20,25). The van der Waals surface area contributed by atoms with Crippen molar-refractivity contribution in [2.45, 2.75) is 26.2 Å². The van der Waals surface area contributed by atoms with E-state index in [1.165, 1.54) is 6.42 Å². The van der Waals surface area contributed by atoms with E-state index in [1.807, 2.05) is 13.0 Å². The first-order valence-corrected chi connectivity index (χ1v) is 8.46. The molecule has 3 N–H and O–H groups in total. The molecular formula is C18H23N5O2. The quantitative estimate of drug-likeness (QED) is 0.890. The molecule has 2 aromatic rings. The fraction of sp³-hybridized carbons (Fsp3) is 0.389. The van der Waals surface area contributed by atoms with E-state index in [0.717, 1.165) is 37.3 Å². The van der Waals surface area contributed by atoms with E-state index in [0.29, 0.717) is 16.9 Å². The highest BCUT2D eigenvalue weighted by molar-refractivity contribution is 6.04. The van der Waals surface area contributed by atoms with E-state index in [9.17, 15) is 9.59 Å². The van der Waals surface area contributed by atoms with Crippen molar-refractivity contribution in [2.75, 3.05) is 23.3 Å². The van der Waals surface area contributed by atoms with E-state index < -0.39 is 5.91 Å². The summed E-state index contributed by atoms with van der Waals surface area (Å²) >= 11 is 0. The molecule has 0 saturated carbocycles. The topological polar surface area (TPSA) is 93.2 Å². The number of amides is 2. The van der Waals surface area contributed by atoms with Crippen LogP contribution in [0.25, 0.3) is 0 Å². The summed E-state index contributed by atoms with van der Waals surface area (Å²) in [6, 6.07) is 6.92. The van der Waals surface area contributed by atoms with Gasteiger partial charge in [-0.1, -0.05) is 0 Å². The number of carbonyl (C=O) groups excluding carboxylic acids is 2. The van der Waals surface area contributed by atoms with Gasteiger partial charge < -0.3 is 16.0 Å². The van der Waals surface area contributed by atoms with Crippen LogP contribution in [0.15, 0.2) is 24.3 Å². The van der Waals surface area contributed by atoms with E-state index in [1.54, 1.807) is 29.9 Å². The number of nitrogens with two attached hydrogens (primary N) is 1. The van der Waals surface area contributed by atoms with Crippen molar-refractivity contribution in [1.29, 1.82) is 0 Å². The third kappa shape index (κ3) is 3.65. The second-order valence-corrected chi connectivity index (χ2v) is 6.39. The molecule has 3 rings (SSSR count). The second-order valence-electron chi connectivity index (χ2n) is 6.39. The third-order valence-electron chi connectivity index (χ3n) is 4.56. The average molecular weight is 341 g/mol. The summed E-state index contributed by atoms with van der Waals surface area (Å²) in [5.74, 6) is -0.737. The summed E-state index contributed by atoms with van der Waals surface area (Å²) in [5.41, 5.74) is 8.67. The Labute approximate surface area is 146 Å². The molecule has 1 aromatic heterocycles. The molecule has 0 aliphatic carbocycles. The van der Waals surface area contributed by atoms with Gasteiger partial charge in [0, 0.05) is 31.5 Å². The molecule has 7 nitrogen and oxygen atoms in total. The summed E-state index contributed by atoms with van der Waals surface area (Å²) in [4.78, 5) is 26.3. The molecule has 1 saturated heterocycles. The molecule has 25 heavy (non-hydrogen) atoms. The zero-order valence-electron chi connectivity index (χ0n) is 14.6. The predicted molar refractivity (Wildman–Crippen MR) is 96.9 cm³/mol. The Kier molecular flexibility index (Phi) is 4.74. The van der Waals surface area contributed by atoms with Crippen LogP contribution in [0, 0.1) is 6.92 Å². The molecule has 1 aromatic carbocycles. The normalized spacial score (nSPS) is 14.4. The van der Waals surface area contributed by atoms with Gasteiger partial charge in [-0.3, -0.25) is 14.3 Å². The summed E-state index contributed by atoms with van der Waals surface area (Å²) in [6.07, 6.45) is 3.36. The van der Waals surface area contributed by atoms with E-state index in [4.69, 9.17) is 5.73 Å². The lowest BCUT2D eigenvalue weighted by Gasteiger charge is -2.30. The SMILES string of the molecule is Cc1cc(C(=O)Nc2ccc(C(N)=O)c(N3CCCCC3)c2)nn1C. The van der Waals surface area contributed by atoms with Gasteiger partial charge in [-0.25, -0.2) is 0 Å². The van der Waals surface area contributed by atoms with Crippen LogP contribution in [0.2, 0.25) is 0 Å². The molecule has 2 heterocycles. The minimum absolute atomic E-state index is 0.278. The lowest BCUT2D eigenvalue weighted by Crippen LogP contribution is -2.31. The predicted octanol–water partition coefficient (Wildman–Crippen LogP) is 2.07. The fourth-order valence-electron chi connectivity index (χ4n) is 3.08. The number of hydrogen-bond donors (Lipinski definition) is 2. The minimum Gasteiger partial charge on any atom is -0.371 e. The first kappa shape index (κ1) is 17.0. The van der Waals surface area contributed by atoms with E-state index in [2.05, 4.69) is 15.3 Å². The maximum absolute atomic E-state index is 12.4. The van der Waals surface area contributed by atoms with Gasteiger partial charge >= 0.3 is 0 Å². The Balaban J connectivity index is 1.86. The Morgan fingerprint density at radius 3 is 2.48 bits per heavy atom. The zero-order valence-corrected chi connectivity index (χ0v) is 14.6. The Morgan fingerprint density at radius 2 is 1.88 bits per heavy atom. The number of anilines is 2. The average Bonchev–Trinajstić information content (AvgIpc) is 2.94. The van der Waals surface area contributed by atoms with Crippen LogP contribution < -0.4 is 16.0 Å². The number of nitrogens with one attached hydrogen (secondary N) is 1. The van der Waals surface area contributed by atoms with Gasteiger partial charge in [0.25, 0.3) is 11.8 Å². The molecular weight excluding hydrogens is 318 g/mol. The van der Waals surface area contributed by atoms with Crippen molar-refractivity contribution in [3.8, 4) is 0 Å². The second kappa shape index (κ2) is 6.96. The highest BCUT2D eigenvalue weighted by Crippen LogP contribution is 2.27. The zero-order chi connectivity index (χ0) is 18.0. The van der Waals surface area contributed by atoms with Crippen molar-refractivity contribution in [2.24, 2.45) is 12.8 Å². The molecule has 7 heteroatoms. The van der Waals surface area contributed by atoms with Gasteiger partial charge in [-0.2, -0.15) is 5.10 Å². The number of primary amides is 1. The maximum Gasteiger partial charge on any atom is 0.276 e. The molecule has 0 bridgehead atoms. The van der Waals surface area contributed by atoms with Gasteiger partial charge in [0.05, 0.1) is 11.3 Å². The number of aryl methyl sites for hydroxylation is 2. The van der Waals surface area contributed by atoms with Crippen molar-refractivity contribution >= 4 is 23.2 Å². The van der Waals surface area contributed by atoms with Crippen LogP contribution in [-0.4, -0.2) is 34.7 Å². The van der Waals surface area contributed by atoms with Crippen molar-refractivity contribution in [3.63, 3.8) is 0 Å². The minimum atomic E-state index is -0.459. The first-order valence-electron chi connectivity index (χ1n) is 8.46. The Bertz CT molecular complexity index is 786. The summed E-state index contributed by atoms with van der Waals surface area (Å²) in [6.45, 7) is 3.66. The molecule has 2 amide bonds. The first-order chi connectivity index (χ1) is 12.0. The van der Waals surface area contributed by atoms with Crippen LogP contribution in [0.3, 0.4) is 0 Å². The lowest BCUT2D eigenvalue weighted by atomic mass is 10.1. The van der Waals surface area contributed by atoms with Crippen molar-refractivity contribution in [1.82, 2.24) is 9.78 Å². The van der Waals surface area contributed by atoms with Gasteiger partial charge in [0.15, 0.2) is 5.69 Å². The molecule has 132 valence electrons. The van der Waals surface area contributed by atoms with Crippen molar-refractivity contribution < 1.29 is 9.59 Å². The Morgan fingerprint density at radius 1 is 1.16 bits per heavy atom. The highest BCUT2D eigenvalue weighted by atomic mass is 16.2. The number of benzene rings is 1. The number of hydrogen-bond acceptors (Lipinski definition) is 4. The van der Waals surface area contributed by atoms with E-state index in [-0.39, 0.29) is 5.91 Å². The van der Waals surface area contributed by atoms with Gasteiger partial charge in [-0.05, 0) is 50.5 Å². The maximum atomic E-state index is 12.4. The smallest absolute Gasteiger partial charge is 0.276 e.